The highest BCUT2D eigenvalue weighted by Gasteiger charge is 2.16. The summed E-state index contributed by atoms with van der Waals surface area (Å²) in [5.74, 6) is 1.14. The molecule has 3 nitrogen and oxygen atoms in total. The Kier molecular flexibility index (Phi) is 5.56. The van der Waals surface area contributed by atoms with E-state index in [1.807, 2.05) is 18.2 Å². The van der Waals surface area contributed by atoms with Crippen LogP contribution in [0.1, 0.15) is 23.1 Å². The molecule has 0 bridgehead atoms. The Labute approximate surface area is 149 Å². The first kappa shape index (κ1) is 17.3. The summed E-state index contributed by atoms with van der Waals surface area (Å²) in [4.78, 5) is 2.35. The van der Waals surface area contributed by atoms with Gasteiger partial charge in [-0.3, -0.25) is 4.90 Å². The molecule has 1 aliphatic heterocycles. The maximum Gasteiger partial charge on any atom is 0.123 e. The van der Waals surface area contributed by atoms with Crippen molar-refractivity contribution in [3.8, 4) is 11.5 Å². The highest BCUT2D eigenvalue weighted by Crippen LogP contribution is 2.31. The summed E-state index contributed by atoms with van der Waals surface area (Å²) in [5.41, 5.74) is 4.48. The van der Waals surface area contributed by atoms with Crippen LogP contribution in [-0.4, -0.2) is 30.2 Å². The molecule has 0 unspecified atom stereocenters. The lowest BCUT2D eigenvalue weighted by molar-refractivity contribution is 0.288. The summed E-state index contributed by atoms with van der Waals surface area (Å²) in [6.45, 7) is 6.35. The van der Waals surface area contributed by atoms with Gasteiger partial charge in [-0.05, 0) is 36.1 Å². The zero-order valence-corrected chi connectivity index (χ0v) is 14.7. The fourth-order valence-electron chi connectivity index (χ4n) is 3.29. The van der Waals surface area contributed by atoms with Crippen molar-refractivity contribution in [1.29, 1.82) is 0 Å². The number of ether oxygens (including phenoxy) is 1. The van der Waals surface area contributed by atoms with Crippen LogP contribution in [0.5, 0.6) is 11.5 Å². The van der Waals surface area contributed by atoms with E-state index in [-0.39, 0.29) is 0 Å². The van der Waals surface area contributed by atoms with Crippen molar-refractivity contribution in [3.63, 3.8) is 0 Å². The van der Waals surface area contributed by atoms with Gasteiger partial charge in [0.1, 0.15) is 11.5 Å². The molecule has 0 saturated heterocycles. The Bertz CT molecular complexity index is 765. The minimum absolute atomic E-state index is 0.360. The molecule has 1 N–H and O–H groups in total. The average Bonchev–Trinajstić information content (AvgIpc) is 2.66. The molecule has 0 atom stereocenters. The van der Waals surface area contributed by atoms with E-state index in [9.17, 15) is 5.11 Å². The molecule has 25 heavy (non-hydrogen) atoms. The van der Waals surface area contributed by atoms with Gasteiger partial charge in [0.05, 0.1) is 7.11 Å². The summed E-state index contributed by atoms with van der Waals surface area (Å²) in [5, 5.41) is 10.6. The normalized spacial score (nSPS) is 14.8. The largest absolute Gasteiger partial charge is 0.507 e. The number of hydrogen-bond donors (Lipinski definition) is 1. The first-order valence-corrected chi connectivity index (χ1v) is 8.67. The SMILES string of the molecule is C=CCc1cc(OC)cc(CN2CC=C(c3ccccc3)CC2)c1O. The van der Waals surface area contributed by atoms with Crippen LogP contribution < -0.4 is 4.74 Å². The van der Waals surface area contributed by atoms with Crippen LogP contribution in [0.3, 0.4) is 0 Å². The molecular weight excluding hydrogens is 310 g/mol. The van der Waals surface area contributed by atoms with Gasteiger partial charge >= 0.3 is 0 Å². The quantitative estimate of drug-likeness (QED) is 0.793. The summed E-state index contributed by atoms with van der Waals surface area (Å²) < 4.78 is 5.39. The van der Waals surface area contributed by atoms with E-state index < -0.39 is 0 Å². The van der Waals surface area contributed by atoms with E-state index in [1.54, 1.807) is 13.2 Å². The molecule has 3 heteroatoms. The number of benzene rings is 2. The van der Waals surface area contributed by atoms with Crippen molar-refractivity contribution >= 4 is 5.57 Å². The van der Waals surface area contributed by atoms with Crippen LogP contribution in [0.4, 0.5) is 0 Å². The first-order chi connectivity index (χ1) is 12.2. The Balaban J connectivity index is 1.74. The first-order valence-electron chi connectivity index (χ1n) is 8.67. The van der Waals surface area contributed by atoms with Crippen LogP contribution in [0.25, 0.3) is 5.57 Å². The maximum absolute atomic E-state index is 10.6. The molecule has 0 fully saturated rings. The third kappa shape index (κ3) is 4.12. The van der Waals surface area contributed by atoms with Gasteiger partial charge in [0.15, 0.2) is 0 Å². The van der Waals surface area contributed by atoms with Crippen LogP contribution in [0, 0.1) is 0 Å². The van der Waals surface area contributed by atoms with Crippen LogP contribution in [0.15, 0.2) is 61.2 Å². The molecular formula is C22H25NO2. The van der Waals surface area contributed by atoms with Gasteiger partial charge in [-0.2, -0.15) is 0 Å². The number of rotatable bonds is 6. The van der Waals surface area contributed by atoms with E-state index in [1.165, 1.54) is 11.1 Å². The second-order valence-electron chi connectivity index (χ2n) is 6.37. The van der Waals surface area contributed by atoms with E-state index in [0.29, 0.717) is 18.7 Å². The average molecular weight is 335 g/mol. The third-order valence-corrected chi connectivity index (χ3v) is 4.67. The van der Waals surface area contributed by atoms with Crippen LogP contribution in [0.2, 0.25) is 0 Å². The molecule has 2 aromatic carbocycles. The van der Waals surface area contributed by atoms with E-state index in [4.69, 9.17) is 4.74 Å². The third-order valence-electron chi connectivity index (χ3n) is 4.67. The molecule has 2 aromatic rings. The van der Waals surface area contributed by atoms with Crippen molar-refractivity contribution in [3.05, 3.63) is 77.9 Å². The predicted octanol–water partition coefficient (Wildman–Crippen LogP) is 4.42. The summed E-state index contributed by atoms with van der Waals surface area (Å²) in [6.07, 6.45) is 5.75. The molecule has 0 aromatic heterocycles. The van der Waals surface area contributed by atoms with Gasteiger partial charge in [0, 0.05) is 30.8 Å². The van der Waals surface area contributed by atoms with E-state index in [2.05, 4.69) is 41.8 Å². The monoisotopic (exact) mass is 335 g/mol. The summed E-state index contributed by atoms with van der Waals surface area (Å²) >= 11 is 0. The molecule has 3 rings (SSSR count). The highest BCUT2D eigenvalue weighted by molar-refractivity contribution is 5.66. The molecule has 0 spiro atoms. The number of phenols is 1. The highest BCUT2D eigenvalue weighted by atomic mass is 16.5. The Morgan fingerprint density at radius 2 is 1.96 bits per heavy atom. The zero-order valence-electron chi connectivity index (χ0n) is 14.7. The van der Waals surface area contributed by atoms with Gasteiger partial charge in [-0.1, -0.05) is 42.5 Å². The number of hydrogen-bond acceptors (Lipinski definition) is 3. The van der Waals surface area contributed by atoms with Crippen LogP contribution >= 0.6 is 0 Å². The standard InChI is InChI=1S/C22H25NO2/c1-3-7-19-14-21(25-2)15-20(22(19)24)16-23-12-10-18(11-13-23)17-8-5-4-6-9-17/h3-6,8-10,14-15,24H,1,7,11-13,16H2,2H3. The number of methoxy groups -OCH3 is 1. The van der Waals surface area contributed by atoms with Crippen molar-refractivity contribution in [2.24, 2.45) is 0 Å². The second-order valence-corrected chi connectivity index (χ2v) is 6.37. The van der Waals surface area contributed by atoms with Gasteiger partial charge in [0.25, 0.3) is 0 Å². The topological polar surface area (TPSA) is 32.7 Å². The molecule has 0 amide bonds. The number of phenolic OH excluding ortho intramolecular Hbond substituents is 1. The molecule has 1 heterocycles. The number of allylic oxidation sites excluding steroid dienone is 1. The Morgan fingerprint density at radius 1 is 1.20 bits per heavy atom. The van der Waals surface area contributed by atoms with Crippen molar-refractivity contribution in [2.45, 2.75) is 19.4 Å². The minimum Gasteiger partial charge on any atom is -0.507 e. The maximum atomic E-state index is 10.6. The van der Waals surface area contributed by atoms with E-state index in [0.717, 1.165) is 36.4 Å². The van der Waals surface area contributed by atoms with E-state index >= 15 is 0 Å². The van der Waals surface area contributed by atoms with Gasteiger partial charge in [-0.15, -0.1) is 6.58 Å². The molecule has 130 valence electrons. The fraction of sp³-hybridized carbons (Fsp3) is 0.273. The van der Waals surface area contributed by atoms with Gasteiger partial charge < -0.3 is 9.84 Å². The second kappa shape index (κ2) is 8.04. The molecule has 0 radical (unpaired) electrons. The Hall–Kier alpha value is -2.52. The Morgan fingerprint density at radius 3 is 2.60 bits per heavy atom. The van der Waals surface area contributed by atoms with Crippen molar-refractivity contribution in [1.82, 2.24) is 4.90 Å². The molecule has 0 aliphatic carbocycles. The van der Waals surface area contributed by atoms with Crippen molar-refractivity contribution in [2.75, 3.05) is 20.2 Å². The summed E-state index contributed by atoms with van der Waals surface area (Å²) in [7, 11) is 1.66. The van der Waals surface area contributed by atoms with Gasteiger partial charge in [-0.25, -0.2) is 0 Å². The lowest BCUT2D eigenvalue weighted by Gasteiger charge is -2.27. The van der Waals surface area contributed by atoms with Crippen LogP contribution in [-0.2, 0) is 13.0 Å². The smallest absolute Gasteiger partial charge is 0.123 e. The molecule has 0 saturated carbocycles. The van der Waals surface area contributed by atoms with Gasteiger partial charge in [0.2, 0.25) is 0 Å². The lowest BCUT2D eigenvalue weighted by Crippen LogP contribution is -2.28. The number of aromatic hydroxyl groups is 1. The summed E-state index contributed by atoms with van der Waals surface area (Å²) in [6, 6.07) is 14.3. The minimum atomic E-state index is 0.360. The predicted molar refractivity (Wildman–Crippen MR) is 103 cm³/mol. The molecule has 1 aliphatic rings. The lowest BCUT2D eigenvalue weighted by atomic mass is 9.99. The fourth-order valence-corrected chi connectivity index (χ4v) is 3.29. The zero-order chi connectivity index (χ0) is 17.6. The van der Waals surface area contributed by atoms with Crippen molar-refractivity contribution < 1.29 is 9.84 Å². The number of nitrogens with zero attached hydrogens (tertiary/aromatic N) is 1.